The highest BCUT2D eigenvalue weighted by molar-refractivity contribution is 5.47. The van der Waals surface area contributed by atoms with E-state index in [0.717, 1.165) is 43.9 Å². The van der Waals surface area contributed by atoms with Gasteiger partial charge in [-0.3, -0.25) is 4.90 Å². The smallest absolute Gasteiger partial charge is 0.128 e. The second kappa shape index (κ2) is 7.86. The number of aliphatic hydroxyl groups is 1. The van der Waals surface area contributed by atoms with Crippen molar-refractivity contribution >= 4 is 5.69 Å². The van der Waals surface area contributed by atoms with Gasteiger partial charge >= 0.3 is 0 Å². The van der Waals surface area contributed by atoms with Crippen LogP contribution in [0, 0.1) is 12.8 Å². The van der Waals surface area contributed by atoms with Crippen LogP contribution in [0.3, 0.4) is 0 Å². The summed E-state index contributed by atoms with van der Waals surface area (Å²) in [5, 5.41) is 12.8. The van der Waals surface area contributed by atoms with E-state index in [9.17, 15) is 5.11 Å². The van der Waals surface area contributed by atoms with E-state index in [4.69, 9.17) is 4.42 Å². The quantitative estimate of drug-likeness (QED) is 0.842. The Kier molecular flexibility index (Phi) is 5.59. The van der Waals surface area contributed by atoms with E-state index < -0.39 is 0 Å². The third-order valence-corrected chi connectivity index (χ3v) is 4.98. The summed E-state index contributed by atoms with van der Waals surface area (Å²) in [5.41, 5.74) is 3.63. The maximum Gasteiger partial charge on any atom is 0.128 e. The van der Waals surface area contributed by atoms with Gasteiger partial charge in [0, 0.05) is 18.8 Å². The maximum absolute atomic E-state index is 9.25. The van der Waals surface area contributed by atoms with Gasteiger partial charge in [-0.25, -0.2) is 0 Å². The lowest BCUT2D eigenvalue weighted by molar-refractivity contribution is 0.127. The molecule has 0 aliphatic carbocycles. The van der Waals surface area contributed by atoms with E-state index in [1.54, 1.807) is 6.26 Å². The van der Waals surface area contributed by atoms with E-state index in [2.05, 4.69) is 48.3 Å². The fraction of sp³-hybridized carbons (Fsp3) is 0.500. The Morgan fingerprint density at radius 2 is 2.08 bits per heavy atom. The molecule has 2 heterocycles. The number of furan rings is 1. The molecule has 130 valence electrons. The molecule has 0 amide bonds. The van der Waals surface area contributed by atoms with Crippen molar-refractivity contribution in [3.05, 3.63) is 53.5 Å². The van der Waals surface area contributed by atoms with E-state index >= 15 is 0 Å². The molecule has 1 aromatic carbocycles. The number of nitrogens with zero attached hydrogens (tertiary/aromatic N) is 1. The van der Waals surface area contributed by atoms with Crippen molar-refractivity contribution in [1.82, 2.24) is 4.90 Å². The minimum atomic E-state index is 0.149. The molecule has 3 rings (SSSR count). The molecule has 1 unspecified atom stereocenters. The average Bonchev–Trinajstić information content (AvgIpc) is 3.02. The minimum Gasteiger partial charge on any atom is -0.467 e. The number of likely N-dealkylation sites (tertiary alicyclic amines) is 1. The molecule has 0 radical (unpaired) electrons. The van der Waals surface area contributed by atoms with Crippen LogP contribution in [0.4, 0.5) is 5.69 Å². The molecule has 1 fully saturated rings. The van der Waals surface area contributed by atoms with Crippen molar-refractivity contribution in [2.45, 2.75) is 39.3 Å². The van der Waals surface area contributed by atoms with Gasteiger partial charge in [0.2, 0.25) is 0 Å². The summed E-state index contributed by atoms with van der Waals surface area (Å²) >= 11 is 0. The molecule has 1 aliphatic heterocycles. The number of rotatable bonds is 6. The fourth-order valence-corrected chi connectivity index (χ4v) is 3.49. The van der Waals surface area contributed by atoms with Gasteiger partial charge in [0.25, 0.3) is 0 Å². The predicted octanol–water partition coefficient (Wildman–Crippen LogP) is 3.97. The van der Waals surface area contributed by atoms with Crippen LogP contribution in [-0.2, 0) is 6.54 Å². The lowest BCUT2D eigenvalue weighted by Crippen LogP contribution is -2.34. The Balaban J connectivity index is 1.59. The average molecular weight is 328 g/mol. The molecule has 1 atom stereocenters. The van der Waals surface area contributed by atoms with Crippen LogP contribution in [0.2, 0.25) is 0 Å². The summed E-state index contributed by atoms with van der Waals surface area (Å²) in [4.78, 5) is 2.48. The van der Waals surface area contributed by atoms with Gasteiger partial charge in [0.1, 0.15) is 5.76 Å². The Labute approximate surface area is 144 Å². The second-order valence-electron chi connectivity index (χ2n) is 6.94. The van der Waals surface area contributed by atoms with Gasteiger partial charge in [-0.15, -0.1) is 0 Å². The Morgan fingerprint density at radius 3 is 2.75 bits per heavy atom. The summed E-state index contributed by atoms with van der Waals surface area (Å²) in [7, 11) is 0. The van der Waals surface area contributed by atoms with Crippen LogP contribution in [-0.4, -0.2) is 29.7 Å². The van der Waals surface area contributed by atoms with Crippen molar-refractivity contribution in [1.29, 1.82) is 0 Å². The van der Waals surface area contributed by atoms with Crippen LogP contribution >= 0.6 is 0 Å². The molecule has 1 aromatic heterocycles. The van der Waals surface area contributed by atoms with E-state index in [1.165, 1.54) is 11.1 Å². The maximum atomic E-state index is 9.25. The molecule has 1 aliphatic rings. The van der Waals surface area contributed by atoms with E-state index in [0.29, 0.717) is 12.5 Å². The molecule has 1 saturated heterocycles. The SMILES string of the molecule is Cc1ccoc1C(C)Nc1cccc(CN2CCC(CO)CC2)c1. The van der Waals surface area contributed by atoms with Gasteiger partial charge in [0.15, 0.2) is 0 Å². The van der Waals surface area contributed by atoms with Crippen LogP contribution in [0.1, 0.15) is 42.7 Å². The zero-order valence-corrected chi connectivity index (χ0v) is 14.7. The molecular formula is C20H28N2O2. The first-order valence-corrected chi connectivity index (χ1v) is 8.88. The van der Waals surface area contributed by atoms with Crippen molar-refractivity contribution < 1.29 is 9.52 Å². The number of aliphatic hydroxyl groups excluding tert-OH is 1. The van der Waals surface area contributed by atoms with Gasteiger partial charge in [-0.1, -0.05) is 12.1 Å². The van der Waals surface area contributed by atoms with Gasteiger partial charge < -0.3 is 14.8 Å². The Hall–Kier alpha value is -1.78. The number of hydrogen-bond donors (Lipinski definition) is 2. The van der Waals surface area contributed by atoms with Crippen molar-refractivity contribution in [2.75, 3.05) is 25.0 Å². The number of benzene rings is 1. The largest absolute Gasteiger partial charge is 0.467 e. The van der Waals surface area contributed by atoms with Crippen molar-refractivity contribution in [3.63, 3.8) is 0 Å². The minimum absolute atomic E-state index is 0.149. The molecule has 0 bridgehead atoms. The predicted molar refractivity (Wildman–Crippen MR) is 97.0 cm³/mol. The highest BCUT2D eigenvalue weighted by Gasteiger charge is 2.18. The number of anilines is 1. The third-order valence-electron chi connectivity index (χ3n) is 4.98. The Bertz CT molecular complexity index is 645. The number of nitrogens with one attached hydrogen (secondary N) is 1. The van der Waals surface area contributed by atoms with Crippen LogP contribution in [0.25, 0.3) is 0 Å². The molecule has 2 aromatic rings. The van der Waals surface area contributed by atoms with E-state index in [-0.39, 0.29) is 6.04 Å². The third kappa shape index (κ3) is 4.19. The highest BCUT2D eigenvalue weighted by atomic mass is 16.3. The summed E-state index contributed by atoms with van der Waals surface area (Å²) in [5.74, 6) is 1.48. The highest BCUT2D eigenvalue weighted by Crippen LogP contribution is 2.24. The monoisotopic (exact) mass is 328 g/mol. The number of aryl methyl sites for hydroxylation is 1. The zero-order chi connectivity index (χ0) is 16.9. The summed E-state index contributed by atoms with van der Waals surface area (Å²) < 4.78 is 5.58. The number of piperidine rings is 1. The van der Waals surface area contributed by atoms with E-state index in [1.807, 2.05) is 6.07 Å². The van der Waals surface area contributed by atoms with Crippen LogP contribution < -0.4 is 5.32 Å². The molecule has 24 heavy (non-hydrogen) atoms. The topological polar surface area (TPSA) is 48.6 Å². The molecule has 2 N–H and O–H groups in total. The zero-order valence-electron chi connectivity index (χ0n) is 14.7. The van der Waals surface area contributed by atoms with Gasteiger partial charge in [-0.2, -0.15) is 0 Å². The first-order valence-electron chi connectivity index (χ1n) is 8.88. The molecule has 0 spiro atoms. The Morgan fingerprint density at radius 1 is 1.29 bits per heavy atom. The summed E-state index contributed by atoms with van der Waals surface area (Å²) in [6, 6.07) is 10.8. The van der Waals surface area contributed by atoms with Crippen molar-refractivity contribution in [3.8, 4) is 0 Å². The summed E-state index contributed by atoms with van der Waals surface area (Å²) in [6.45, 7) is 7.65. The molecule has 0 saturated carbocycles. The first-order chi connectivity index (χ1) is 11.7. The lowest BCUT2D eigenvalue weighted by Gasteiger charge is -2.31. The van der Waals surface area contributed by atoms with Crippen LogP contribution in [0.5, 0.6) is 0 Å². The summed E-state index contributed by atoms with van der Waals surface area (Å²) in [6.07, 6.45) is 3.95. The number of hydrogen-bond acceptors (Lipinski definition) is 4. The fourth-order valence-electron chi connectivity index (χ4n) is 3.49. The van der Waals surface area contributed by atoms with Crippen molar-refractivity contribution in [2.24, 2.45) is 5.92 Å². The molecule has 4 nitrogen and oxygen atoms in total. The molecular weight excluding hydrogens is 300 g/mol. The second-order valence-corrected chi connectivity index (χ2v) is 6.94. The standard InChI is InChI=1S/C20H28N2O2/c1-15-8-11-24-20(15)16(2)21-19-5-3-4-18(12-19)13-22-9-6-17(14-23)7-10-22/h3-5,8,11-12,16-17,21,23H,6-7,9-10,13-14H2,1-2H3. The normalized spacial score (nSPS) is 17.8. The molecule has 4 heteroatoms. The van der Waals surface area contributed by atoms with Gasteiger partial charge in [0.05, 0.1) is 12.3 Å². The first kappa shape index (κ1) is 17.1. The lowest BCUT2D eigenvalue weighted by atomic mass is 9.97. The van der Waals surface area contributed by atoms with Crippen LogP contribution in [0.15, 0.2) is 41.0 Å². The van der Waals surface area contributed by atoms with Gasteiger partial charge in [-0.05, 0) is 75.0 Å².